The van der Waals surface area contributed by atoms with E-state index >= 15 is 0 Å². The number of unbranched alkanes of at least 4 members (excludes halogenated alkanes) is 8. The maximum Gasteiger partial charge on any atom is 1.00 e. The van der Waals surface area contributed by atoms with Crippen molar-refractivity contribution >= 4 is 5.97 Å². The molecule has 0 heterocycles. The predicted molar refractivity (Wildman–Crippen MR) is 116 cm³/mol. The molecule has 0 aliphatic rings. The number of allylic oxidation sites excluding steroid dienone is 2. The summed E-state index contributed by atoms with van der Waals surface area (Å²) >= 11 is 0. The van der Waals surface area contributed by atoms with Gasteiger partial charge in [-0.15, -0.1) is 13.2 Å². The van der Waals surface area contributed by atoms with E-state index in [0.29, 0.717) is 11.8 Å². The Balaban J connectivity index is 0. The monoisotopic (exact) mass is 401 g/mol. The van der Waals surface area contributed by atoms with Crippen molar-refractivity contribution in [1.29, 1.82) is 0 Å². The number of hydrogen-bond acceptors (Lipinski definition) is 3. The Morgan fingerprint density at radius 1 is 0.821 bits per heavy atom. The Kier molecular flexibility index (Phi) is 23.2. The first kappa shape index (κ1) is 30.1. The SMILES string of the molecule is C=CCCCCCCC(C)CN(CC(=O)[O-])CC(C)CCCCCCC=C.[Na+]. The average molecular weight is 402 g/mol. The second-order valence-electron chi connectivity index (χ2n) is 8.34. The molecule has 0 aromatic heterocycles. The van der Waals surface area contributed by atoms with E-state index in [1.54, 1.807) is 0 Å². The van der Waals surface area contributed by atoms with Crippen LogP contribution in [0.4, 0.5) is 0 Å². The molecule has 0 radical (unpaired) electrons. The fraction of sp³-hybridized carbons (Fsp3) is 0.792. The van der Waals surface area contributed by atoms with Crippen LogP contribution in [0.1, 0.15) is 90.9 Å². The van der Waals surface area contributed by atoms with Crippen molar-refractivity contribution in [1.82, 2.24) is 4.90 Å². The van der Waals surface area contributed by atoms with Crippen LogP contribution in [-0.4, -0.2) is 30.5 Å². The topological polar surface area (TPSA) is 43.4 Å². The number of carboxylic acid groups (broad SMARTS) is 1. The van der Waals surface area contributed by atoms with Gasteiger partial charge in [-0.05, 0) is 50.4 Å². The number of carbonyl (C=O) groups is 1. The normalized spacial score (nSPS) is 13.0. The molecule has 0 aromatic carbocycles. The molecule has 158 valence electrons. The van der Waals surface area contributed by atoms with E-state index in [0.717, 1.165) is 25.9 Å². The van der Waals surface area contributed by atoms with E-state index < -0.39 is 5.97 Å². The smallest absolute Gasteiger partial charge is 0.549 e. The molecule has 0 aromatic rings. The summed E-state index contributed by atoms with van der Waals surface area (Å²) in [7, 11) is 0. The third-order valence-electron chi connectivity index (χ3n) is 5.20. The zero-order valence-corrected chi connectivity index (χ0v) is 21.1. The van der Waals surface area contributed by atoms with E-state index in [9.17, 15) is 9.90 Å². The second-order valence-corrected chi connectivity index (χ2v) is 8.34. The molecular formula is C24H44NNaO2. The molecule has 2 unspecified atom stereocenters. The number of nitrogens with zero attached hydrogens (tertiary/aromatic N) is 1. The van der Waals surface area contributed by atoms with Gasteiger partial charge in [0.25, 0.3) is 0 Å². The van der Waals surface area contributed by atoms with Crippen molar-refractivity contribution in [2.75, 3.05) is 19.6 Å². The number of carboxylic acids is 1. The minimum Gasteiger partial charge on any atom is -0.549 e. The van der Waals surface area contributed by atoms with Gasteiger partial charge < -0.3 is 9.90 Å². The van der Waals surface area contributed by atoms with Gasteiger partial charge in [-0.1, -0.05) is 64.5 Å². The van der Waals surface area contributed by atoms with Gasteiger partial charge in [0.2, 0.25) is 0 Å². The van der Waals surface area contributed by atoms with Crippen molar-refractivity contribution in [3.05, 3.63) is 25.3 Å². The fourth-order valence-corrected chi connectivity index (χ4v) is 3.72. The van der Waals surface area contributed by atoms with Gasteiger partial charge in [0.05, 0.1) is 5.97 Å². The minimum absolute atomic E-state index is 0. The average Bonchev–Trinajstić information content (AvgIpc) is 2.60. The molecule has 0 amide bonds. The molecular weight excluding hydrogens is 357 g/mol. The standard InChI is InChI=1S/C24H45NO2.Na/c1-5-7-9-11-13-15-17-22(3)19-25(21-24(26)27)20-23(4)18-16-14-12-10-8-6-2;/h5-6,22-23H,1-2,7-21H2,3-4H3,(H,26,27);/q;+1/p-1. The Morgan fingerprint density at radius 2 is 1.21 bits per heavy atom. The molecule has 0 saturated carbocycles. The molecule has 0 rings (SSSR count). The zero-order valence-electron chi connectivity index (χ0n) is 19.1. The molecule has 0 aliphatic heterocycles. The summed E-state index contributed by atoms with van der Waals surface area (Å²) in [5.74, 6) is 0.118. The number of carbonyl (C=O) groups excluding carboxylic acids is 1. The van der Waals surface area contributed by atoms with Crippen molar-refractivity contribution in [3.8, 4) is 0 Å². The van der Waals surface area contributed by atoms with Crippen molar-refractivity contribution in [2.45, 2.75) is 90.9 Å². The molecule has 2 atom stereocenters. The predicted octanol–water partition coefficient (Wildman–Crippen LogP) is 2.37. The Hall–Kier alpha value is -0.0900. The van der Waals surface area contributed by atoms with Gasteiger partial charge in [0, 0.05) is 19.6 Å². The van der Waals surface area contributed by atoms with Crippen LogP contribution in [0, 0.1) is 11.8 Å². The summed E-state index contributed by atoms with van der Waals surface area (Å²) in [5.41, 5.74) is 0. The summed E-state index contributed by atoms with van der Waals surface area (Å²) in [6.45, 7) is 13.8. The van der Waals surface area contributed by atoms with Crippen LogP contribution < -0.4 is 34.7 Å². The molecule has 0 saturated heterocycles. The Morgan fingerprint density at radius 3 is 1.57 bits per heavy atom. The van der Waals surface area contributed by atoms with E-state index in [-0.39, 0.29) is 36.1 Å². The summed E-state index contributed by atoms with van der Waals surface area (Å²) in [5, 5.41) is 11.1. The quantitative estimate of drug-likeness (QED) is 0.179. The van der Waals surface area contributed by atoms with Crippen molar-refractivity contribution < 1.29 is 39.5 Å². The molecule has 28 heavy (non-hydrogen) atoms. The van der Waals surface area contributed by atoms with Crippen LogP contribution in [0.5, 0.6) is 0 Å². The summed E-state index contributed by atoms with van der Waals surface area (Å²) in [4.78, 5) is 13.2. The number of rotatable bonds is 20. The van der Waals surface area contributed by atoms with Gasteiger partial charge in [-0.2, -0.15) is 0 Å². The molecule has 4 heteroatoms. The molecule has 0 fully saturated rings. The molecule has 0 spiro atoms. The molecule has 0 N–H and O–H groups in total. The van der Waals surface area contributed by atoms with Crippen molar-refractivity contribution in [2.24, 2.45) is 11.8 Å². The first-order valence-corrected chi connectivity index (χ1v) is 11.1. The maximum atomic E-state index is 11.1. The van der Waals surface area contributed by atoms with Gasteiger partial charge in [0.15, 0.2) is 0 Å². The largest absolute Gasteiger partial charge is 1.00 e. The maximum absolute atomic E-state index is 11.1. The number of hydrogen-bond donors (Lipinski definition) is 0. The Bertz CT molecular complexity index is 359. The van der Waals surface area contributed by atoms with E-state index in [1.165, 1.54) is 64.2 Å². The van der Waals surface area contributed by atoms with Crippen LogP contribution >= 0.6 is 0 Å². The van der Waals surface area contributed by atoms with Crippen molar-refractivity contribution in [3.63, 3.8) is 0 Å². The fourth-order valence-electron chi connectivity index (χ4n) is 3.72. The summed E-state index contributed by atoms with van der Waals surface area (Å²) in [6.07, 6.45) is 18.6. The van der Waals surface area contributed by atoms with E-state index in [2.05, 4.69) is 31.9 Å². The third-order valence-corrected chi connectivity index (χ3v) is 5.20. The van der Waals surface area contributed by atoms with Gasteiger partial charge in [-0.25, -0.2) is 0 Å². The van der Waals surface area contributed by atoms with Crippen LogP contribution in [0.25, 0.3) is 0 Å². The van der Waals surface area contributed by atoms with Crippen LogP contribution in [0.2, 0.25) is 0 Å². The first-order chi connectivity index (χ1) is 13.0. The summed E-state index contributed by atoms with van der Waals surface area (Å²) in [6, 6.07) is 0. The Labute approximate surface area is 197 Å². The van der Waals surface area contributed by atoms with E-state index in [4.69, 9.17) is 0 Å². The van der Waals surface area contributed by atoms with E-state index in [1.807, 2.05) is 12.2 Å². The van der Waals surface area contributed by atoms with Gasteiger partial charge in [-0.3, -0.25) is 4.90 Å². The number of aliphatic carboxylic acids is 1. The third kappa shape index (κ3) is 20.6. The molecule has 3 nitrogen and oxygen atoms in total. The minimum atomic E-state index is -0.955. The van der Waals surface area contributed by atoms with Crippen LogP contribution in [0.15, 0.2) is 25.3 Å². The summed E-state index contributed by atoms with van der Waals surface area (Å²) < 4.78 is 0. The van der Waals surface area contributed by atoms with Gasteiger partial charge >= 0.3 is 29.6 Å². The zero-order chi connectivity index (χ0) is 20.3. The van der Waals surface area contributed by atoms with Crippen LogP contribution in [0.3, 0.4) is 0 Å². The van der Waals surface area contributed by atoms with Gasteiger partial charge in [0.1, 0.15) is 0 Å². The first-order valence-electron chi connectivity index (χ1n) is 11.1. The molecule has 0 aliphatic carbocycles. The second kappa shape index (κ2) is 21.6. The van der Waals surface area contributed by atoms with Crippen LogP contribution in [-0.2, 0) is 4.79 Å². The molecule has 0 bridgehead atoms.